The van der Waals surface area contributed by atoms with Crippen molar-refractivity contribution in [1.82, 2.24) is 9.55 Å². The zero-order valence-corrected chi connectivity index (χ0v) is 12.1. The van der Waals surface area contributed by atoms with Crippen LogP contribution in [-0.4, -0.2) is 22.3 Å². The molecule has 0 spiro atoms. The van der Waals surface area contributed by atoms with Gasteiger partial charge >= 0.3 is 0 Å². The molecule has 0 radical (unpaired) electrons. The lowest BCUT2D eigenvalue weighted by atomic mass is 10.1. The summed E-state index contributed by atoms with van der Waals surface area (Å²) >= 11 is 3.17. The van der Waals surface area contributed by atoms with E-state index in [1.165, 1.54) is 6.07 Å². The molecular formula is C12H15BrFN3O. The molecule has 1 heterocycles. The van der Waals surface area contributed by atoms with Crippen LogP contribution in [0.1, 0.15) is 13.8 Å². The minimum Gasteiger partial charge on any atom is -0.377 e. The fourth-order valence-electron chi connectivity index (χ4n) is 1.75. The van der Waals surface area contributed by atoms with Crippen molar-refractivity contribution in [2.45, 2.75) is 26.0 Å². The molecule has 6 heteroatoms. The lowest BCUT2D eigenvalue weighted by Gasteiger charge is -2.24. The van der Waals surface area contributed by atoms with Crippen LogP contribution in [-0.2, 0) is 11.3 Å². The van der Waals surface area contributed by atoms with Crippen LogP contribution in [0.2, 0.25) is 0 Å². The molecule has 2 N–H and O–H groups in total. The number of anilines is 1. The highest BCUT2D eigenvalue weighted by molar-refractivity contribution is 9.10. The summed E-state index contributed by atoms with van der Waals surface area (Å²) in [4.78, 5) is 4.16. The summed E-state index contributed by atoms with van der Waals surface area (Å²) in [5.41, 5.74) is 6.83. The molecule has 1 aromatic heterocycles. The van der Waals surface area contributed by atoms with Crippen molar-refractivity contribution in [3.05, 3.63) is 22.4 Å². The summed E-state index contributed by atoms with van der Waals surface area (Å²) in [7, 11) is 1.64. The number of hydrogen-bond acceptors (Lipinski definition) is 3. The monoisotopic (exact) mass is 315 g/mol. The van der Waals surface area contributed by atoms with Crippen molar-refractivity contribution in [1.29, 1.82) is 0 Å². The number of nitrogen functional groups attached to an aromatic ring is 1. The topological polar surface area (TPSA) is 53.1 Å². The molecule has 98 valence electrons. The van der Waals surface area contributed by atoms with Gasteiger partial charge in [-0.05, 0) is 35.8 Å². The van der Waals surface area contributed by atoms with Crippen LogP contribution in [0, 0.1) is 5.82 Å². The largest absolute Gasteiger partial charge is 0.377 e. The van der Waals surface area contributed by atoms with Gasteiger partial charge < -0.3 is 15.0 Å². The Balaban J connectivity index is 2.57. The van der Waals surface area contributed by atoms with Crippen molar-refractivity contribution >= 4 is 32.9 Å². The molecule has 0 atom stereocenters. The predicted molar refractivity (Wildman–Crippen MR) is 72.9 cm³/mol. The molecule has 0 aliphatic heterocycles. The minimum atomic E-state index is -0.372. The number of halogens is 2. The maximum absolute atomic E-state index is 13.4. The Bertz CT molecular complexity index is 595. The minimum absolute atomic E-state index is 0.349. The van der Waals surface area contributed by atoms with Gasteiger partial charge in [0, 0.05) is 13.2 Å². The summed E-state index contributed by atoms with van der Waals surface area (Å²) in [5, 5.41) is 0. The van der Waals surface area contributed by atoms with E-state index >= 15 is 0 Å². The van der Waals surface area contributed by atoms with E-state index in [0.717, 1.165) is 5.52 Å². The number of fused-ring (bicyclic) bond motifs is 1. The van der Waals surface area contributed by atoms with Crippen LogP contribution in [0.5, 0.6) is 0 Å². The number of methoxy groups -OCH3 is 1. The Hall–Kier alpha value is -1.14. The molecule has 0 unspecified atom stereocenters. The highest BCUT2D eigenvalue weighted by Crippen LogP contribution is 2.26. The van der Waals surface area contributed by atoms with E-state index in [2.05, 4.69) is 20.9 Å². The van der Waals surface area contributed by atoms with E-state index < -0.39 is 0 Å². The first-order valence-corrected chi connectivity index (χ1v) is 6.29. The quantitative estimate of drug-likeness (QED) is 0.947. The number of hydrogen-bond donors (Lipinski definition) is 1. The summed E-state index contributed by atoms with van der Waals surface area (Å²) in [6, 6.07) is 3.05. The molecule has 4 nitrogen and oxygen atoms in total. The first kappa shape index (κ1) is 13.3. The second-order valence-electron chi connectivity index (χ2n) is 4.77. The van der Waals surface area contributed by atoms with Gasteiger partial charge in [0.15, 0.2) is 0 Å². The number of benzene rings is 1. The molecule has 0 amide bonds. The van der Waals surface area contributed by atoms with Gasteiger partial charge in [-0.3, -0.25) is 0 Å². The van der Waals surface area contributed by atoms with Crippen molar-refractivity contribution in [2.75, 3.05) is 12.8 Å². The number of rotatable bonds is 3. The van der Waals surface area contributed by atoms with Crippen LogP contribution in [0.15, 0.2) is 16.6 Å². The Morgan fingerprint density at radius 1 is 1.50 bits per heavy atom. The lowest BCUT2D eigenvalue weighted by molar-refractivity contribution is 0.00947. The van der Waals surface area contributed by atoms with Gasteiger partial charge in [0.1, 0.15) is 5.82 Å². The van der Waals surface area contributed by atoms with Gasteiger partial charge in [-0.2, -0.15) is 0 Å². The average Bonchev–Trinajstić information content (AvgIpc) is 2.57. The van der Waals surface area contributed by atoms with Crippen LogP contribution in [0.25, 0.3) is 11.0 Å². The third-order valence-electron chi connectivity index (χ3n) is 2.91. The number of aromatic nitrogens is 2. The molecule has 1 aromatic carbocycles. The zero-order chi connectivity index (χ0) is 13.5. The fraction of sp³-hybridized carbons (Fsp3) is 0.417. The van der Waals surface area contributed by atoms with Crippen LogP contribution in [0.3, 0.4) is 0 Å². The number of nitrogens with zero attached hydrogens (tertiary/aromatic N) is 2. The molecule has 0 aliphatic carbocycles. The first-order valence-electron chi connectivity index (χ1n) is 5.50. The lowest BCUT2D eigenvalue weighted by Crippen LogP contribution is -2.29. The summed E-state index contributed by atoms with van der Waals surface area (Å²) < 4.78 is 21.0. The normalized spacial score (nSPS) is 12.3. The Kier molecular flexibility index (Phi) is 3.33. The SMILES string of the molecule is COC(C)(C)Cn1c(N)nc2cc(F)c(Br)cc21. The summed E-state index contributed by atoms with van der Waals surface area (Å²) in [6.07, 6.45) is 0. The van der Waals surface area contributed by atoms with E-state index in [9.17, 15) is 4.39 Å². The van der Waals surface area contributed by atoms with Crippen LogP contribution in [0.4, 0.5) is 10.3 Å². The number of imidazole rings is 1. The number of nitrogens with two attached hydrogens (primary N) is 1. The Morgan fingerprint density at radius 2 is 2.17 bits per heavy atom. The van der Waals surface area contributed by atoms with Crippen LogP contribution >= 0.6 is 15.9 Å². The van der Waals surface area contributed by atoms with Gasteiger partial charge in [-0.25, -0.2) is 9.37 Å². The highest BCUT2D eigenvalue weighted by Gasteiger charge is 2.21. The third-order valence-corrected chi connectivity index (χ3v) is 3.52. The molecule has 0 aliphatic rings. The molecular weight excluding hydrogens is 301 g/mol. The van der Waals surface area contributed by atoms with E-state index in [0.29, 0.717) is 22.5 Å². The van der Waals surface area contributed by atoms with Crippen LogP contribution < -0.4 is 5.73 Å². The molecule has 0 saturated heterocycles. The Morgan fingerprint density at radius 3 is 2.78 bits per heavy atom. The second-order valence-corrected chi connectivity index (χ2v) is 5.63. The molecule has 0 bridgehead atoms. The molecule has 18 heavy (non-hydrogen) atoms. The van der Waals surface area contributed by atoms with E-state index in [-0.39, 0.29) is 11.4 Å². The molecule has 2 aromatic rings. The maximum Gasteiger partial charge on any atom is 0.201 e. The van der Waals surface area contributed by atoms with Crippen molar-refractivity contribution in [2.24, 2.45) is 0 Å². The van der Waals surface area contributed by atoms with E-state index in [4.69, 9.17) is 10.5 Å². The van der Waals surface area contributed by atoms with Gasteiger partial charge in [0.2, 0.25) is 5.95 Å². The van der Waals surface area contributed by atoms with Gasteiger partial charge in [0.25, 0.3) is 0 Å². The van der Waals surface area contributed by atoms with Gasteiger partial charge in [-0.15, -0.1) is 0 Å². The summed E-state index contributed by atoms with van der Waals surface area (Å²) in [6.45, 7) is 4.46. The standard InChI is InChI=1S/C12H15BrFN3O/c1-12(2,18-3)6-17-10-4-7(13)8(14)5-9(10)16-11(17)15/h4-5H,6H2,1-3H3,(H2,15,16). The third kappa shape index (κ3) is 2.35. The van der Waals surface area contributed by atoms with Crippen molar-refractivity contribution in [3.63, 3.8) is 0 Å². The first-order chi connectivity index (χ1) is 8.34. The maximum atomic E-state index is 13.4. The van der Waals surface area contributed by atoms with Crippen molar-refractivity contribution in [3.8, 4) is 0 Å². The number of ether oxygens (including phenoxy) is 1. The average molecular weight is 316 g/mol. The summed E-state index contributed by atoms with van der Waals surface area (Å²) in [5.74, 6) is 0.00535. The molecule has 2 rings (SSSR count). The van der Waals surface area contributed by atoms with E-state index in [1.807, 2.05) is 18.4 Å². The Labute approximate surface area is 113 Å². The highest BCUT2D eigenvalue weighted by atomic mass is 79.9. The fourth-order valence-corrected chi connectivity index (χ4v) is 2.08. The zero-order valence-electron chi connectivity index (χ0n) is 10.5. The van der Waals surface area contributed by atoms with Gasteiger partial charge in [0.05, 0.1) is 27.7 Å². The molecule has 0 fully saturated rings. The second kappa shape index (κ2) is 4.51. The van der Waals surface area contributed by atoms with Crippen molar-refractivity contribution < 1.29 is 9.13 Å². The predicted octanol–water partition coefficient (Wildman–Crippen LogP) is 2.95. The molecule has 0 saturated carbocycles. The van der Waals surface area contributed by atoms with E-state index in [1.54, 1.807) is 13.2 Å². The smallest absolute Gasteiger partial charge is 0.201 e. The van der Waals surface area contributed by atoms with Gasteiger partial charge in [-0.1, -0.05) is 0 Å².